The van der Waals surface area contributed by atoms with E-state index in [0.717, 1.165) is 25.7 Å². The van der Waals surface area contributed by atoms with E-state index in [1.54, 1.807) is 18.0 Å². The predicted molar refractivity (Wildman–Crippen MR) is 59.0 cm³/mol. The number of hydrogen-bond acceptors (Lipinski definition) is 2. The normalized spacial score (nSPS) is 19.8. The van der Waals surface area contributed by atoms with Crippen molar-refractivity contribution in [1.29, 1.82) is 5.26 Å². The fourth-order valence-corrected chi connectivity index (χ4v) is 2.12. The molecule has 1 fully saturated rings. The lowest BCUT2D eigenvalue weighted by molar-refractivity contribution is -0.129. The molecule has 3 heteroatoms. The molecular formula is C12H18N2O. The number of rotatable bonds is 2. The Balaban J connectivity index is 2.81. The van der Waals surface area contributed by atoms with E-state index in [4.69, 9.17) is 0 Å². The van der Waals surface area contributed by atoms with Gasteiger partial charge in [0.25, 0.3) is 0 Å². The number of allylic oxidation sites excluding steroid dienone is 1. The highest BCUT2D eigenvalue weighted by atomic mass is 16.2. The molecule has 0 aromatic heterocycles. The van der Waals surface area contributed by atoms with Gasteiger partial charge in [0, 0.05) is 7.05 Å². The highest BCUT2D eigenvalue weighted by Gasteiger charge is 2.37. The average Bonchev–Trinajstić information content (AvgIpc) is 2.29. The summed E-state index contributed by atoms with van der Waals surface area (Å²) in [6.07, 6.45) is 8.12. The maximum Gasteiger partial charge on any atom is 0.247 e. The molecule has 0 spiro atoms. The van der Waals surface area contributed by atoms with Gasteiger partial charge in [-0.3, -0.25) is 4.79 Å². The number of amides is 1. The molecule has 0 heterocycles. The van der Waals surface area contributed by atoms with Crippen LogP contribution in [0, 0.1) is 11.3 Å². The largest absolute Gasteiger partial charge is 0.323 e. The molecule has 0 aliphatic heterocycles. The molecular weight excluding hydrogens is 188 g/mol. The molecule has 0 saturated heterocycles. The third-order valence-corrected chi connectivity index (χ3v) is 3.17. The van der Waals surface area contributed by atoms with Gasteiger partial charge in [0.05, 0.1) is 6.07 Å². The first-order chi connectivity index (χ1) is 7.16. The molecule has 0 radical (unpaired) electrons. The minimum Gasteiger partial charge on any atom is -0.323 e. The van der Waals surface area contributed by atoms with Gasteiger partial charge in [-0.1, -0.05) is 25.3 Å². The van der Waals surface area contributed by atoms with Crippen LogP contribution in [-0.2, 0) is 4.79 Å². The van der Waals surface area contributed by atoms with Gasteiger partial charge in [-0.25, -0.2) is 0 Å². The van der Waals surface area contributed by atoms with Gasteiger partial charge in [0.15, 0.2) is 0 Å². The Morgan fingerprint density at radius 2 is 2.00 bits per heavy atom. The molecule has 0 aromatic carbocycles. The molecule has 0 unspecified atom stereocenters. The number of carbonyl (C=O) groups is 1. The second-order valence-electron chi connectivity index (χ2n) is 4.10. The highest BCUT2D eigenvalue weighted by molar-refractivity contribution is 5.88. The van der Waals surface area contributed by atoms with E-state index >= 15 is 0 Å². The van der Waals surface area contributed by atoms with Crippen LogP contribution in [0.2, 0.25) is 0 Å². The second-order valence-corrected chi connectivity index (χ2v) is 4.10. The molecule has 1 amide bonds. The molecule has 0 atom stereocenters. The van der Waals surface area contributed by atoms with Crippen molar-refractivity contribution in [2.45, 2.75) is 44.6 Å². The van der Waals surface area contributed by atoms with Crippen LogP contribution in [0.25, 0.3) is 0 Å². The van der Waals surface area contributed by atoms with E-state index < -0.39 is 5.54 Å². The van der Waals surface area contributed by atoms with Crippen LogP contribution in [0.1, 0.15) is 39.0 Å². The van der Waals surface area contributed by atoms with E-state index in [2.05, 4.69) is 6.07 Å². The Hall–Kier alpha value is -1.30. The fourth-order valence-electron chi connectivity index (χ4n) is 2.12. The van der Waals surface area contributed by atoms with Crippen LogP contribution in [0.3, 0.4) is 0 Å². The summed E-state index contributed by atoms with van der Waals surface area (Å²) in [5.41, 5.74) is -0.561. The minimum absolute atomic E-state index is 0.0686. The Kier molecular flexibility index (Phi) is 3.90. The molecule has 0 N–H and O–H groups in total. The summed E-state index contributed by atoms with van der Waals surface area (Å²) < 4.78 is 0. The molecule has 0 aromatic rings. The van der Waals surface area contributed by atoms with Gasteiger partial charge in [0.1, 0.15) is 5.54 Å². The van der Waals surface area contributed by atoms with E-state index in [1.165, 1.54) is 12.5 Å². The minimum atomic E-state index is -0.561. The summed E-state index contributed by atoms with van der Waals surface area (Å²) in [6, 6.07) is 2.33. The zero-order valence-corrected chi connectivity index (χ0v) is 9.49. The van der Waals surface area contributed by atoms with Crippen LogP contribution < -0.4 is 0 Å². The van der Waals surface area contributed by atoms with Crippen molar-refractivity contribution in [3.63, 3.8) is 0 Å². The van der Waals surface area contributed by atoms with Crippen LogP contribution in [0.15, 0.2) is 12.2 Å². The molecule has 0 bridgehead atoms. The van der Waals surface area contributed by atoms with Crippen molar-refractivity contribution in [3.05, 3.63) is 12.2 Å². The molecule has 1 aliphatic rings. The van der Waals surface area contributed by atoms with Gasteiger partial charge >= 0.3 is 0 Å². The van der Waals surface area contributed by atoms with Crippen LogP contribution in [0.5, 0.6) is 0 Å². The van der Waals surface area contributed by atoms with Gasteiger partial charge in [-0.2, -0.15) is 5.26 Å². The average molecular weight is 206 g/mol. The molecule has 1 aliphatic carbocycles. The van der Waals surface area contributed by atoms with E-state index in [1.807, 2.05) is 6.92 Å². The molecule has 1 rings (SSSR count). The monoisotopic (exact) mass is 206 g/mol. The van der Waals surface area contributed by atoms with Crippen molar-refractivity contribution >= 4 is 5.91 Å². The highest BCUT2D eigenvalue weighted by Crippen LogP contribution is 2.32. The number of carbonyl (C=O) groups excluding carboxylic acids is 1. The Morgan fingerprint density at radius 1 is 1.40 bits per heavy atom. The first kappa shape index (κ1) is 11.8. The van der Waals surface area contributed by atoms with Crippen LogP contribution >= 0.6 is 0 Å². The van der Waals surface area contributed by atoms with Gasteiger partial charge < -0.3 is 4.90 Å². The third kappa shape index (κ3) is 2.38. The van der Waals surface area contributed by atoms with Crippen molar-refractivity contribution in [3.8, 4) is 6.07 Å². The number of nitrogens with zero attached hydrogens (tertiary/aromatic N) is 2. The van der Waals surface area contributed by atoms with E-state index in [0.29, 0.717) is 0 Å². The van der Waals surface area contributed by atoms with Crippen molar-refractivity contribution in [1.82, 2.24) is 4.90 Å². The van der Waals surface area contributed by atoms with E-state index in [9.17, 15) is 10.1 Å². The zero-order valence-electron chi connectivity index (χ0n) is 9.49. The second kappa shape index (κ2) is 4.97. The molecule has 3 nitrogen and oxygen atoms in total. The number of hydrogen-bond donors (Lipinski definition) is 0. The van der Waals surface area contributed by atoms with Crippen LogP contribution in [0.4, 0.5) is 0 Å². The first-order valence-corrected chi connectivity index (χ1v) is 5.48. The maximum absolute atomic E-state index is 11.7. The first-order valence-electron chi connectivity index (χ1n) is 5.48. The lowest BCUT2D eigenvalue weighted by atomic mass is 9.81. The Bertz CT molecular complexity index is 295. The lowest BCUT2D eigenvalue weighted by Gasteiger charge is -2.38. The molecule has 1 saturated carbocycles. The van der Waals surface area contributed by atoms with Crippen LogP contribution in [-0.4, -0.2) is 23.4 Å². The number of likely N-dealkylation sites (N-methyl/N-ethyl adjacent to an activating group) is 1. The summed E-state index contributed by atoms with van der Waals surface area (Å²) in [4.78, 5) is 13.3. The Labute approximate surface area is 91.4 Å². The summed E-state index contributed by atoms with van der Waals surface area (Å²) >= 11 is 0. The number of nitriles is 1. The van der Waals surface area contributed by atoms with Gasteiger partial charge in [-0.05, 0) is 25.8 Å². The quantitative estimate of drug-likeness (QED) is 0.650. The Morgan fingerprint density at radius 3 is 2.47 bits per heavy atom. The standard InChI is InChI=1S/C12H18N2O/c1-3-7-11(15)14(2)12(10-13)8-5-4-6-9-12/h3,7H,4-6,8-9H2,1-2H3/b7-3+. The fraction of sp³-hybridized carbons (Fsp3) is 0.667. The van der Waals surface area contributed by atoms with Crippen molar-refractivity contribution in [2.75, 3.05) is 7.05 Å². The molecule has 82 valence electrons. The SMILES string of the molecule is C/C=C/C(=O)N(C)C1(C#N)CCCCC1. The topological polar surface area (TPSA) is 44.1 Å². The van der Waals surface area contributed by atoms with Gasteiger partial charge in [0.2, 0.25) is 5.91 Å². The molecule has 15 heavy (non-hydrogen) atoms. The smallest absolute Gasteiger partial charge is 0.247 e. The predicted octanol–water partition coefficient (Wildman–Crippen LogP) is 2.25. The van der Waals surface area contributed by atoms with Crippen molar-refractivity contribution < 1.29 is 4.79 Å². The third-order valence-electron chi connectivity index (χ3n) is 3.17. The summed E-state index contributed by atoms with van der Waals surface area (Å²) in [5.74, 6) is -0.0686. The summed E-state index contributed by atoms with van der Waals surface area (Å²) in [6.45, 7) is 1.81. The lowest BCUT2D eigenvalue weighted by Crippen LogP contribution is -2.49. The van der Waals surface area contributed by atoms with Gasteiger partial charge in [-0.15, -0.1) is 0 Å². The zero-order chi connectivity index (χ0) is 11.3. The summed E-state index contributed by atoms with van der Waals surface area (Å²) in [7, 11) is 1.73. The summed E-state index contributed by atoms with van der Waals surface area (Å²) in [5, 5.41) is 9.26. The van der Waals surface area contributed by atoms with E-state index in [-0.39, 0.29) is 5.91 Å². The maximum atomic E-state index is 11.7. The van der Waals surface area contributed by atoms with Crippen molar-refractivity contribution in [2.24, 2.45) is 0 Å².